The van der Waals surface area contributed by atoms with Gasteiger partial charge in [0.1, 0.15) is 0 Å². The summed E-state index contributed by atoms with van der Waals surface area (Å²) in [7, 11) is 0. The monoisotopic (exact) mass is 329 g/mol. The van der Waals surface area contributed by atoms with E-state index in [0.29, 0.717) is 0 Å². The number of hydrogen-bond donors (Lipinski definition) is 3. The molecule has 2 heterocycles. The van der Waals surface area contributed by atoms with E-state index < -0.39 is 41.6 Å². The second-order valence-electron chi connectivity index (χ2n) is 6.23. The fourth-order valence-corrected chi connectivity index (χ4v) is 4.28. The van der Waals surface area contributed by atoms with Gasteiger partial charge in [-0.2, -0.15) is 0 Å². The Kier molecular flexibility index (Phi) is 3.95. The lowest BCUT2D eigenvalue weighted by Crippen LogP contribution is -2.82. The lowest BCUT2D eigenvalue weighted by molar-refractivity contribution is -0.252. The van der Waals surface area contributed by atoms with Crippen LogP contribution in [0, 0.1) is 11.8 Å². The van der Waals surface area contributed by atoms with Gasteiger partial charge in [-0.25, -0.2) is 4.79 Å². The number of hydrogen-bond acceptors (Lipinski definition) is 5. The number of aliphatic hydroxyl groups excluding tert-OH is 2. The maximum Gasteiger partial charge on any atom is 0.339 e. The number of allylic oxidation sites excluding steroid dienone is 1. The van der Waals surface area contributed by atoms with Crippen LogP contribution in [-0.2, 0) is 14.3 Å². The van der Waals surface area contributed by atoms with Crippen LogP contribution in [0.25, 0.3) is 0 Å². The van der Waals surface area contributed by atoms with E-state index in [9.17, 15) is 19.8 Å². The molecule has 0 saturated carbocycles. The van der Waals surface area contributed by atoms with Crippen LogP contribution in [0.1, 0.15) is 25.7 Å². The van der Waals surface area contributed by atoms with E-state index in [1.807, 2.05) is 12.2 Å². The number of amides is 1. The summed E-state index contributed by atoms with van der Waals surface area (Å²) in [4.78, 5) is 24.5. The van der Waals surface area contributed by atoms with Crippen molar-refractivity contribution in [3.63, 3.8) is 0 Å². The van der Waals surface area contributed by atoms with E-state index in [1.165, 1.54) is 0 Å². The number of rotatable bonds is 5. The number of esters is 1. The minimum atomic E-state index is -1.57. The zero-order valence-corrected chi connectivity index (χ0v) is 12.9. The standard InChI is InChI=1S/C15H20ClNO5/c16-7-6-10-12(20)17-15(13(21)22-14(10,15)8-18)11(19)9-4-2-1-3-5-9/h2,4,9-11,18-19H,1,3,5-8H2,(H,17,20)/t9?,10-,11-,14?,15?/m0/s1. The van der Waals surface area contributed by atoms with E-state index in [-0.39, 0.29) is 18.2 Å². The molecule has 0 aromatic rings. The molecular weight excluding hydrogens is 310 g/mol. The lowest BCUT2D eigenvalue weighted by atomic mass is 9.64. The molecule has 3 N–H and O–H groups in total. The highest BCUT2D eigenvalue weighted by Gasteiger charge is 2.81. The first kappa shape index (κ1) is 15.8. The Labute approximate surface area is 133 Å². The van der Waals surface area contributed by atoms with Gasteiger partial charge in [0.15, 0.2) is 5.60 Å². The lowest BCUT2D eigenvalue weighted by Gasteiger charge is -2.55. The molecule has 122 valence electrons. The first-order chi connectivity index (χ1) is 10.5. The van der Waals surface area contributed by atoms with Crippen molar-refractivity contribution in [2.45, 2.75) is 42.9 Å². The summed E-state index contributed by atoms with van der Waals surface area (Å²) in [5.74, 6) is -1.87. The summed E-state index contributed by atoms with van der Waals surface area (Å²) >= 11 is 5.74. The Morgan fingerprint density at radius 3 is 2.82 bits per heavy atom. The van der Waals surface area contributed by atoms with Crippen LogP contribution < -0.4 is 5.32 Å². The van der Waals surface area contributed by atoms with Crippen LogP contribution in [0.15, 0.2) is 12.2 Å². The Bertz CT molecular complexity index is 524. The zero-order chi connectivity index (χ0) is 16.0. The molecule has 1 amide bonds. The average Bonchev–Trinajstić information content (AvgIpc) is 2.73. The second-order valence-corrected chi connectivity index (χ2v) is 6.61. The van der Waals surface area contributed by atoms with Gasteiger partial charge in [0.2, 0.25) is 11.4 Å². The maximum atomic E-state index is 12.3. The predicted octanol–water partition coefficient (Wildman–Crippen LogP) is 0.105. The van der Waals surface area contributed by atoms with Gasteiger partial charge in [-0.05, 0) is 25.7 Å². The normalized spacial score (nSPS) is 41.4. The first-order valence-corrected chi connectivity index (χ1v) is 8.14. The van der Waals surface area contributed by atoms with Crippen molar-refractivity contribution >= 4 is 23.5 Å². The van der Waals surface area contributed by atoms with Crippen molar-refractivity contribution in [2.24, 2.45) is 11.8 Å². The predicted molar refractivity (Wildman–Crippen MR) is 78.1 cm³/mol. The van der Waals surface area contributed by atoms with Crippen molar-refractivity contribution in [1.29, 1.82) is 0 Å². The van der Waals surface area contributed by atoms with Gasteiger partial charge in [-0.3, -0.25) is 4.79 Å². The van der Waals surface area contributed by atoms with Gasteiger partial charge in [-0.1, -0.05) is 12.2 Å². The van der Waals surface area contributed by atoms with Gasteiger partial charge >= 0.3 is 5.97 Å². The Morgan fingerprint density at radius 1 is 1.50 bits per heavy atom. The van der Waals surface area contributed by atoms with Crippen LogP contribution in [0.3, 0.4) is 0 Å². The number of nitrogens with one attached hydrogen (secondary N) is 1. The van der Waals surface area contributed by atoms with Crippen LogP contribution >= 0.6 is 11.6 Å². The van der Waals surface area contributed by atoms with Gasteiger partial charge in [0.25, 0.3) is 0 Å². The van der Waals surface area contributed by atoms with E-state index >= 15 is 0 Å². The largest absolute Gasteiger partial charge is 0.451 e. The molecule has 3 rings (SSSR count). The molecule has 3 unspecified atom stereocenters. The third-order valence-electron chi connectivity index (χ3n) is 5.24. The molecule has 2 saturated heterocycles. The molecular formula is C15H20ClNO5. The van der Waals surface area contributed by atoms with Gasteiger partial charge in [-0.15, -0.1) is 11.6 Å². The smallest absolute Gasteiger partial charge is 0.339 e. The number of halogens is 1. The molecule has 22 heavy (non-hydrogen) atoms. The number of ether oxygens (including phenoxy) is 1. The number of aliphatic hydroxyl groups is 2. The Morgan fingerprint density at radius 2 is 2.27 bits per heavy atom. The van der Waals surface area contributed by atoms with Gasteiger partial charge in [0.05, 0.1) is 18.6 Å². The average molecular weight is 330 g/mol. The highest BCUT2D eigenvalue weighted by Crippen LogP contribution is 2.53. The van der Waals surface area contributed by atoms with Crippen LogP contribution in [0.5, 0.6) is 0 Å². The van der Waals surface area contributed by atoms with Crippen molar-refractivity contribution in [1.82, 2.24) is 5.32 Å². The molecule has 2 aliphatic heterocycles. The molecule has 0 aromatic heterocycles. The minimum Gasteiger partial charge on any atom is -0.451 e. The molecule has 0 aromatic carbocycles. The fourth-order valence-electron chi connectivity index (χ4n) is 4.06. The van der Waals surface area contributed by atoms with Crippen molar-refractivity contribution < 1.29 is 24.5 Å². The third-order valence-corrected chi connectivity index (χ3v) is 5.46. The van der Waals surface area contributed by atoms with Gasteiger partial charge < -0.3 is 20.3 Å². The topological polar surface area (TPSA) is 95.9 Å². The molecule has 0 bridgehead atoms. The maximum absolute atomic E-state index is 12.3. The molecule has 0 spiro atoms. The third kappa shape index (κ3) is 1.80. The minimum absolute atomic E-state index is 0.201. The summed E-state index contributed by atoms with van der Waals surface area (Å²) in [5, 5.41) is 23.3. The highest BCUT2D eigenvalue weighted by atomic mass is 35.5. The Balaban J connectivity index is 1.98. The number of alkyl halides is 1. The molecule has 7 heteroatoms. The fraction of sp³-hybridized carbons (Fsp3) is 0.733. The molecule has 1 aliphatic carbocycles. The summed E-state index contributed by atoms with van der Waals surface area (Å²) in [6.07, 6.45) is 5.56. The second kappa shape index (κ2) is 5.51. The number of fused-ring (bicyclic) bond motifs is 1. The highest BCUT2D eigenvalue weighted by molar-refractivity contribution is 6.18. The van der Waals surface area contributed by atoms with Crippen LogP contribution in [-0.4, -0.2) is 51.8 Å². The van der Waals surface area contributed by atoms with Crippen molar-refractivity contribution in [3.8, 4) is 0 Å². The van der Waals surface area contributed by atoms with Gasteiger partial charge in [0, 0.05) is 11.8 Å². The summed E-state index contributed by atoms with van der Waals surface area (Å²) in [6.45, 7) is -0.521. The van der Waals surface area contributed by atoms with Crippen molar-refractivity contribution in [3.05, 3.63) is 12.2 Å². The molecule has 0 radical (unpaired) electrons. The van der Waals surface area contributed by atoms with E-state index in [2.05, 4.69) is 5.32 Å². The van der Waals surface area contributed by atoms with Crippen LogP contribution in [0.2, 0.25) is 0 Å². The number of carbonyl (C=O) groups is 2. The molecule has 3 aliphatic rings. The molecule has 2 fully saturated rings. The van der Waals surface area contributed by atoms with Crippen LogP contribution in [0.4, 0.5) is 0 Å². The SMILES string of the molecule is O=C1NC2([C@@H](O)C3C=CCCC3)C(=O)OC2(CO)[C@H]1CCCl. The molecule has 6 nitrogen and oxygen atoms in total. The van der Waals surface area contributed by atoms with E-state index in [0.717, 1.165) is 19.3 Å². The summed E-state index contributed by atoms with van der Waals surface area (Å²) < 4.78 is 5.24. The summed E-state index contributed by atoms with van der Waals surface area (Å²) in [6, 6.07) is 0. The summed E-state index contributed by atoms with van der Waals surface area (Å²) in [5.41, 5.74) is -2.98. The van der Waals surface area contributed by atoms with E-state index in [1.54, 1.807) is 0 Å². The van der Waals surface area contributed by atoms with Crippen molar-refractivity contribution in [2.75, 3.05) is 12.5 Å². The quantitative estimate of drug-likeness (QED) is 0.378. The first-order valence-electron chi connectivity index (χ1n) is 7.60. The van der Waals surface area contributed by atoms with E-state index in [4.69, 9.17) is 16.3 Å². The molecule has 5 atom stereocenters. The number of carbonyl (C=O) groups excluding carboxylic acids is 2. The Hall–Kier alpha value is -1.11. The zero-order valence-electron chi connectivity index (χ0n) is 12.1.